The normalized spacial score (nSPS) is 26.1. The van der Waals surface area contributed by atoms with Gasteiger partial charge in [-0.15, -0.1) is 0 Å². The molecule has 2 saturated heterocycles. The largest absolute Gasteiger partial charge is 0.388 e. The molecule has 0 radical (unpaired) electrons. The van der Waals surface area contributed by atoms with Crippen LogP contribution in [0.5, 0.6) is 0 Å². The summed E-state index contributed by atoms with van der Waals surface area (Å²) in [4.78, 5) is 14.9. The van der Waals surface area contributed by atoms with Gasteiger partial charge < -0.3 is 10.6 Å². The summed E-state index contributed by atoms with van der Waals surface area (Å²) >= 11 is 0. The molecule has 0 spiro atoms. The molecular weight excluding hydrogens is 250 g/mol. The highest BCUT2D eigenvalue weighted by Gasteiger charge is 2.36. The first-order chi connectivity index (χ1) is 9.78. The number of amides is 1. The van der Waals surface area contributed by atoms with Crippen LogP contribution in [0.1, 0.15) is 36.0 Å². The number of nitrogens with one attached hydrogen (secondary N) is 2. The van der Waals surface area contributed by atoms with Gasteiger partial charge in [0.2, 0.25) is 0 Å². The minimum absolute atomic E-state index is 0.0603. The van der Waals surface area contributed by atoms with Gasteiger partial charge >= 0.3 is 0 Å². The zero-order valence-electron chi connectivity index (χ0n) is 12.1. The molecule has 0 aromatic heterocycles. The summed E-state index contributed by atoms with van der Waals surface area (Å²) in [5.41, 5.74) is 1.78. The summed E-state index contributed by atoms with van der Waals surface area (Å²) < 4.78 is 0. The second-order valence-corrected chi connectivity index (χ2v) is 5.80. The van der Waals surface area contributed by atoms with Crippen LogP contribution in [0.25, 0.3) is 0 Å². The molecule has 1 amide bonds. The van der Waals surface area contributed by atoms with Crippen molar-refractivity contribution in [1.29, 1.82) is 0 Å². The molecule has 2 unspecified atom stereocenters. The maximum atomic E-state index is 12.3. The lowest BCUT2D eigenvalue weighted by atomic mass is 9.99. The first-order valence-corrected chi connectivity index (χ1v) is 7.60. The lowest BCUT2D eigenvalue weighted by Crippen LogP contribution is -2.46. The molecule has 2 N–H and O–H groups in total. The Bertz CT molecular complexity index is 471. The molecule has 108 valence electrons. The van der Waals surface area contributed by atoms with E-state index >= 15 is 0 Å². The quantitative estimate of drug-likeness (QED) is 0.886. The number of piperidine rings is 1. The van der Waals surface area contributed by atoms with E-state index < -0.39 is 0 Å². The van der Waals surface area contributed by atoms with Gasteiger partial charge in [-0.2, -0.15) is 0 Å². The smallest absolute Gasteiger partial charge is 0.251 e. The first-order valence-electron chi connectivity index (χ1n) is 7.60. The van der Waals surface area contributed by atoms with Gasteiger partial charge in [-0.05, 0) is 50.1 Å². The van der Waals surface area contributed by atoms with Crippen LogP contribution in [-0.4, -0.2) is 43.0 Å². The van der Waals surface area contributed by atoms with Gasteiger partial charge in [0.1, 0.15) is 0 Å². The highest BCUT2D eigenvalue weighted by atomic mass is 16.1. The van der Waals surface area contributed by atoms with Crippen LogP contribution < -0.4 is 10.6 Å². The number of hydrogen-bond donors (Lipinski definition) is 2. The Morgan fingerprint density at radius 1 is 1.15 bits per heavy atom. The standard InChI is InChI=1S/C16H23N3O/c1-17-13-7-5-12(6-8-13)16(20)18-14-9-11-19-10-3-2-4-15(14)19/h5-8,14-15,17H,2-4,9-11H2,1H3,(H,18,20). The molecule has 20 heavy (non-hydrogen) atoms. The number of fused-ring (bicyclic) bond motifs is 1. The minimum Gasteiger partial charge on any atom is -0.388 e. The van der Waals surface area contributed by atoms with Gasteiger partial charge in [-0.3, -0.25) is 9.69 Å². The van der Waals surface area contributed by atoms with E-state index in [1.807, 2.05) is 31.3 Å². The molecule has 0 bridgehead atoms. The van der Waals surface area contributed by atoms with E-state index in [1.54, 1.807) is 0 Å². The van der Waals surface area contributed by atoms with Crippen molar-refractivity contribution in [3.8, 4) is 0 Å². The Hall–Kier alpha value is -1.55. The van der Waals surface area contributed by atoms with Gasteiger partial charge in [0.05, 0.1) is 0 Å². The third-order valence-electron chi connectivity index (χ3n) is 4.61. The van der Waals surface area contributed by atoms with Crippen LogP contribution in [0, 0.1) is 0 Å². The average Bonchev–Trinajstić information content (AvgIpc) is 2.91. The molecule has 2 aliphatic rings. The van der Waals surface area contributed by atoms with E-state index in [-0.39, 0.29) is 5.91 Å². The molecule has 0 aliphatic carbocycles. The van der Waals surface area contributed by atoms with Crippen molar-refractivity contribution in [1.82, 2.24) is 10.2 Å². The summed E-state index contributed by atoms with van der Waals surface area (Å²) in [7, 11) is 1.88. The maximum absolute atomic E-state index is 12.3. The second kappa shape index (κ2) is 5.83. The van der Waals surface area contributed by atoms with Gasteiger partial charge in [-0.1, -0.05) is 6.42 Å². The van der Waals surface area contributed by atoms with Crippen LogP contribution in [0.4, 0.5) is 5.69 Å². The Balaban J connectivity index is 1.63. The fourth-order valence-corrected chi connectivity index (χ4v) is 3.46. The Kier molecular flexibility index (Phi) is 3.92. The lowest BCUT2D eigenvalue weighted by Gasteiger charge is -2.32. The van der Waals surface area contributed by atoms with Crippen molar-refractivity contribution in [2.75, 3.05) is 25.5 Å². The summed E-state index contributed by atoms with van der Waals surface area (Å²) in [6, 6.07) is 8.53. The molecule has 1 aromatic rings. The number of nitrogens with zero attached hydrogens (tertiary/aromatic N) is 1. The molecule has 3 rings (SSSR count). The Labute approximate surface area is 120 Å². The molecule has 2 heterocycles. The van der Waals surface area contributed by atoms with E-state index in [1.165, 1.54) is 25.8 Å². The maximum Gasteiger partial charge on any atom is 0.251 e. The van der Waals surface area contributed by atoms with Crippen molar-refractivity contribution >= 4 is 11.6 Å². The van der Waals surface area contributed by atoms with Gasteiger partial charge in [0.25, 0.3) is 5.91 Å². The number of anilines is 1. The number of hydrogen-bond acceptors (Lipinski definition) is 3. The average molecular weight is 273 g/mol. The van der Waals surface area contributed by atoms with Crippen LogP contribution in [0.3, 0.4) is 0 Å². The molecule has 1 aromatic carbocycles. The molecule has 4 heteroatoms. The number of rotatable bonds is 3. The monoisotopic (exact) mass is 273 g/mol. The summed E-state index contributed by atoms with van der Waals surface area (Å²) in [6.07, 6.45) is 4.92. The van der Waals surface area contributed by atoms with Crippen molar-refractivity contribution < 1.29 is 4.79 Å². The Morgan fingerprint density at radius 3 is 2.70 bits per heavy atom. The minimum atomic E-state index is 0.0603. The summed E-state index contributed by atoms with van der Waals surface area (Å²) in [6.45, 7) is 2.34. The molecular formula is C16H23N3O. The second-order valence-electron chi connectivity index (χ2n) is 5.80. The SMILES string of the molecule is CNc1ccc(C(=O)NC2CCN3CCCCC23)cc1. The topological polar surface area (TPSA) is 44.4 Å². The van der Waals surface area contributed by atoms with E-state index in [0.717, 1.165) is 24.2 Å². The third-order valence-corrected chi connectivity index (χ3v) is 4.61. The fraction of sp³-hybridized carbons (Fsp3) is 0.562. The van der Waals surface area contributed by atoms with Crippen molar-refractivity contribution in [3.63, 3.8) is 0 Å². The van der Waals surface area contributed by atoms with E-state index in [0.29, 0.717) is 12.1 Å². The summed E-state index contributed by atoms with van der Waals surface area (Å²) in [5, 5.41) is 6.30. The number of carbonyl (C=O) groups excluding carboxylic acids is 1. The lowest BCUT2D eigenvalue weighted by molar-refractivity contribution is 0.0915. The van der Waals surface area contributed by atoms with Gasteiger partial charge in [0, 0.05) is 36.9 Å². The first kappa shape index (κ1) is 13.4. The summed E-state index contributed by atoms with van der Waals surface area (Å²) in [5.74, 6) is 0.0603. The van der Waals surface area contributed by atoms with Crippen LogP contribution in [0.15, 0.2) is 24.3 Å². The number of benzene rings is 1. The molecule has 2 atom stereocenters. The predicted octanol–water partition coefficient (Wildman–Crippen LogP) is 2.08. The highest BCUT2D eigenvalue weighted by Crippen LogP contribution is 2.27. The van der Waals surface area contributed by atoms with Crippen LogP contribution in [0.2, 0.25) is 0 Å². The van der Waals surface area contributed by atoms with Gasteiger partial charge in [0.15, 0.2) is 0 Å². The van der Waals surface area contributed by atoms with Crippen LogP contribution >= 0.6 is 0 Å². The van der Waals surface area contributed by atoms with Crippen molar-refractivity contribution in [2.45, 2.75) is 37.8 Å². The molecule has 0 saturated carbocycles. The Morgan fingerprint density at radius 2 is 1.95 bits per heavy atom. The van der Waals surface area contributed by atoms with Crippen LogP contribution in [-0.2, 0) is 0 Å². The predicted molar refractivity (Wildman–Crippen MR) is 81.1 cm³/mol. The molecule has 4 nitrogen and oxygen atoms in total. The highest BCUT2D eigenvalue weighted by molar-refractivity contribution is 5.94. The number of carbonyl (C=O) groups is 1. The zero-order valence-corrected chi connectivity index (χ0v) is 12.1. The van der Waals surface area contributed by atoms with E-state index in [4.69, 9.17) is 0 Å². The fourth-order valence-electron chi connectivity index (χ4n) is 3.46. The third kappa shape index (κ3) is 2.66. The van der Waals surface area contributed by atoms with Crippen molar-refractivity contribution in [3.05, 3.63) is 29.8 Å². The van der Waals surface area contributed by atoms with E-state index in [2.05, 4.69) is 15.5 Å². The molecule has 2 fully saturated rings. The van der Waals surface area contributed by atoms with Crippen molar-refractivity contribution in [2.24, 2.45) is 0 Å². The van der Waals surface area contributed by atoms with E-state index in [9.17, 15) is 4.79 Å². The van der Waals surface area contributed by atoms with Gasteiger partial charge in [-0.25, -0.2) is 0 Å². The molecule has 2 aliphatic heterocycles. The zero-order chi connectivity index (χ0) is 13.9.